The minimum atomic E-state index is -0.805. The Balaban J connectivity index is 1.66. The molecule has 2 aliphatic rings. The van der Waals surface area contributed by atoms with Crippen molar-refractivity contribution >= 4 is 17.8 Å². The first-order valence-corrected chi connectivity index (χ1v) is 8.81. The number of imide groups is 1. The number of hydrogen-bond donors (Lipinski definition) is 0. The van der Waals surface area contributed by atoms with Gasteiger partial charge in [0.1, 0.15) is 0 Å². The zero-order chi connectivity index (χ0) is 18.3. The van der Waals surface area contributed by atoms with Crippen molar-refractivity contribution in [3.05, 3.63) is 70.8 Å². The maximum Gasteiger partial charge on any atom is 0.343 e. The number of fused-ring (bicyclic) bond motifs is 1. The van der Waals surface area contributed by atoms with E-state index in [0.717, 1.165) is 24.0 Å². The van der Waals surface area contributed by atoms with E-state index in [1.165, 1.54) is 0 Å². The van der Waals surface area contributed by atoms with Gasteiger partial charge in [-0.1, -0.05) is 54.3 Å². The Morgan fingerprint density at radius 3 is 2.04 bits per heavy atom. The average Bonchev–Trinajstić information content (AvgIpc) is 3.23. The smallest absolute Gasteiger partial charge is 0.329 e. The highest BCUT2D eigenvalue weighted by Crippen LogP contribution is 2.44. The first-order chi connectivity index (χ1) is 12.5. The molecule has 0 N–H and O–H groups in total. The summed E-state index contributed by atoms with van der Waals surface area (Å²) in [6, 6.07) is 14.2. The van der Waals surface area contributed by atoms with Crippen LogP contribution in [0.2, 0.25) is 0 Å². The molecule has 0 unspecified atom stereocenters. The number of amides is 2. The van der Waals surface area contributed by atoms with Crippen molar-refractivity contribution in [3.63, 3.8) is 0 Å². The topological polar surface area (TPSA) is 63.7 Å². The number of aryl methyl sites for hydroxylation is 1. The predicted octanol–water partition coefficient (Wildman–Crippen LogP) is 3.56. The van der Waals surface area contributed by atoms with Crippen molar-refractivity contribution < 1.29 is 19.2 Å². The van der Waals surface area contributed by atoms with Gasteiger partial charge < -0.3 is 4.84 Å². The SMILES string of the molecule is Cc1ccccc1C1(C(=O)ON2C(=O)c3ccccc3C2=O)CCCC1. The van der Waals surface area contributed by atoms with Crippen LogP contribution >= 0.6 is 0 Å². The third-order valence-electron chi connectivity index (χ3n) is 5.44. The molecule has 0 atom stereocenters. The molecule has 0 spiro atoms. The molecule has 0 saturated heterocycles. The lowest BCUT2D eigenvalue weighted by Crippen LogP contribution is -2.42. The van der Waals surface area contributed by atoms with Gasteiger partial charge in [0.15, 0.2) is 0 Å². The van der Waals surface area contributed by atoms with E-state index >= 15 is 0 Å². The summed E-state index contributed by atoms with van der Waals surface area (Å²) in [5, 5.41) is 0.616. The maximum absolute atomic E-state index is 13.1. The number of nitrogens with zero attached hydrogens (tertiary/aromatic N) is 1. The molecule has 1 aliphatic heterocycles. The fraction of sp³-hybridized carbons (Fsp3) is 0.286. The first kappa shape index (κ1) is 16.5. The molecule has 1 aliphatic carbocycles. The zero-order valence-corrected chi connectivity index (χ0v) is 14.5. The largest absolute Gasteiger partial charge is 0.343 e. The van der Waals surface area contributed by atoms with E-state index in [0.29, 0.717) is 17.9 Å². The third kappa shape index (κ3) is 2.35. The van der Waals surface area contributed by atoms with Crippen LogP contribution in [0.4, 0.5) is 0 Å². The van der Waals surface area contributed by atoms with Crippen LogP contribution in [-0.4, -0.2) is 22.8 Å². The van der Waals surface area contributed by atoms with E-state index in [1.54, 1.807) is 24.3 Å². The van der Waals surface area contributed by atoms with Gasteiger partial charge in [0.2, 0.25) is 0 Å². The Labute approximate surface area is 151 Å². The summed E-state index contributed by atoms with van der Waals surface area (Å²) < 4.78 is 0. The second-order valence-corrected chi connectivity index (χ2v) is 6.93. The molecule has 5 nitrogen and oxygen atoms in total. The molecule has 0 aromatic heterocycles. The normalized spacial score (nSPS) is 18.1. The molecule has 5 heteroatoms. The van der Waals surface area contributed by atoms with Gasteiger partial charge in [-0.15, -0.1) is 0 Å². The first-order valence-electron chi connectivity index (χ1n) is 8.81. The van der Waals surface area contributed by atoms with Crippen LogP contribution < -0.4 is 0 Å². The lowest BCUT2D eigenvalue weighted by atomic mass is 9.77. The number of hydrogen-bond acceptors (Lipinski definition) is 4. The molecule has 2 aromatic carbocycles. The summed E-state index contributed by atoms with van der Waals surface area (Å²) in [5.41, 5.74) is 1.65. The summed E-state index contributed by atoms with van der Waals surface area (Å²) in [5.74, 6) is -1.70. The maximum atomic E-state index is 13.1. The summed E-state index contributed by atoms with van der Waals surface area (Å²) in [6.07, 6.45) is 3.12. The minimum absolute atomic E-state index is 0.265. The molecule has 4 rings (SSSR count). The molecule has 132 valence electrons. The molecule has 1 saturated carbocycles. The fourth-order valence-electron chi connectivity index (χ4n) is 4.09. The Morgan fingerprint density at radius 1 is 0.923 bits per heavy atom. The highest BCUT2D eigenvalue weighted by atomic mass is 16.7. The standard InChI is InChI=1S/C21H19NO4/c1-14-8-2-5-11-17(14)21(12-6-7-13-21)20(25)26-22-18(23)15-9-3-4-10-16(15)19(22)24/h2-5,8-11H,6-7,12-13H2,1H3. The van der Waals surface area contributed by atoms with E-state index in [9.17, 15) is 14.4 Å². The van der Waals surface area contributed by atoms with E-state index in [1.807, 2.05) is 31.2 Å². The monoisotopic (exact) mass is 349 g/mol. The minimum Gasteiger partial charge on any atom is -0.329 e. The molecule has 26 heavy (non-hydrogen) atoms. The lowest BCUT2D eigenvalue weighted by Gasteiger charge is -2.29. The molecular weight excluding hydrogens is 330 g/mol. The molecular formula is C21H19NO4. The zero-order valence-electron chi connectivity index (χ0n) is 14.5. The average molecular weight is 349 g/mol. The van der Waals surface area contributed by atoms with Gasteiger partial charge in [-0.05, 0) is 43.0 Å². The van der Waals surface area contributed by atoms with Crippen LogP contribution in [-0.2, 0) is 15.0 Å². The predicted molar refractivity (Wildman–Crippen MR) is 94.4 cm³/mol. The number of carbonyl (C=O) groups excluding carboxylic acids is 3. The van der Waals surface area contributed by atoms with E-state index < -0.39 is 23.2 Å². The Kier molecular flexibility index (Phi) is 3.87. The number of benzene rings is 2. The second kappa shape index (κ2) is 6.09. The Bertz CT molecular complexity index is 877. The summed E-state index contributed by atoms with van der Waals surface area (Å²) in [6.45, 7) is 1.96. The van der Waals surface area contributed by atoms with E-state index in [-0.39, 0.29) is 11.1 Å². The van der Waals surface area contributed by atoms with Crippen LogP contribution in [0.1, 0.15) is 57.5 Å². The fourth-order valence-corrected chi connectivity index (χ4v) is 4.09. The Morgan fingerprint density at radius 2 is 1.46 bits per heavy atom. The lowest BCUT2D eigenvalue weighted by molar-refractivity contribution is -0.175. The number of carbonyl (C=O) groups is 3. The molecule has 2 amide bonds. The molecule has 0 bridgehead atoms. The van der Waals surface area contributed by atoms with Crippen molar-refractivity contribution in [1.29, 1.82) is 0 Å². The van der Waals surface area contributed by atoms with Crippen LogP contribution in [0.5, 0.6) is 0 Å². The van der Waals surface area contributed by atoms with Crippen molar-refractivity contribution in [2.75, 3.05) is 0 Å². The number of rotatable bonds is 3. The second-order valence-electron chi connectivity index (χ2n) is 6.93. The van der Waals surface area contributed by atoms with E-state index in [4.69, 9.17) is 4.84 Å². The van der Waals surface area contributed by atoms with E-state index in [2.05, 4.69) is 0 Å². The van der Waals surface area contributed by atoms with Gasteiger partial charge in [-0.3, -0.25) is 9.59 Å². The highest BCUT2D eigenvalue weighted by molar-refractivity contribution is 6.21. The highest BCUT2D eigenvalue weighted by Gasteiger charge is 2.48. The van der Waals surface area contributed by atoms with Gasteiger partial charge in [0.05, 0.1) is 16.5 Å². The summed E-state index contributed by atoms with van der Waals surface area (Å²) in [4.78, 5) is 43.5. The van der Waals surface area contributed by atoms with Crippen LogP contribution in [0.3, 0.4) is 0 Å². The van der Waals surface area contributed by atoms with Crippen LogP contribution in [0, 0.1) is 6.92 Å². The van der Waals surface area contributed by atoms with Gasteiger partial charge >= 0.3 is 5.97 Å². The summed E-state index contributed by atoms with van der Waals surface area (Å²) >= 11 is 0. The Hall–Kier alpha value is -2.95. The van der Waals surface area contributed by atoms with Crippen molar-refractivity contribution in [3.8, 4) is 0 Å². The van der Waals surface area contributed by atoms with Gasteiger partial charge in [-0.2, -0.15) is 0 Å². The van der Waals surface area contributed by atoms with Gasteiger partial charge in [-0.25, -0.2) is 4.79 Å². The third-order valence-corrected chi connectivity index (χ3v) is 5.44. The molecule has 1 fully saturated rings. The molecule has 2 aromatic rings. The van der Waals surface area contributed by atoms with Gasteiger partial charge in [0.25, 0.3) is 11.8 Å². The van der Waals surface area contributed by atoms with Gasteiger partial charge in [0, 0.05) is 0 Å². The number of hydroxylamine groups is 2. The molecule has 0 radical (unpaired) electrons. The van der Waals surface area contributed by atoms with Crippen molar-refractivity contribution in [2.45, 2.75) is 38.0 Å². The summed E-state index contributed by atoms with van der Waals surface area (Å²) in [7, 11) is 0. The van der Waals surface area contributed by atoms with Crippen molar-refractivity contribution in [2.24, 2.45) is 0 Å². The quantitative estimate of drug-likeness (QED) is 0.795. The van der Waals surface area contributed by atoms with Crippen LogP contribution in [0.25, 0.3) is 0 Å². The molecule has 1 heterocycles. The van der Waals surface area contributed by atoms with Crippen molar-refractivity contribution in [1.82, 2.24) is 5.06 Å². The van der Waals surface area contributed by atoms with Crippen LogP contribution in [0.15, 0.2) is 48.5 Å².